The van der Waals surface area contributed by atoms with E-state index < -0.39 is 0 Å². The van der Waals surface area contributed by atoms with Crippen molar-refractivity contribution < 1.29 is 4.79 Å². The number of carbonyl (C=O) groups excluding carboxylic acids is 1. The highest BCUT2D eigenvalue weighted by atomic mass is 35.5. The van der Waals surface area contributed by atoms with Crippen molar-refractivity contribution in [3.05, 3.63) is 28.2 Å². The van der Waals surface area contributed by atoms with Crippen LogP contribution in [0, 0.1) is 0 Å². The molecule has 2 rings (SSSR count). The lowest BCUT2D eigenvalue weighted by molar-refractivity contribution is -0.121. The fourth-order valence-electron chi connectivity index (χ4n) is 2.24. The first-order valence-corrected chi connectivity index (χ1v) is 8.90. The van der Waals surface area contributed by atoms with E-state index in [0.717, 1.165) is 53.9 Å². The minimum Gasteiger partial charge on any atom is -0.356 e. The number of rotatable bonds is 9. The molecular formula is C16H22ClN3OS. The highest BCUT2D eigenvalue weighted by Crippen LogP contribution is 2.25. The molecule has 0 aliphatic rings. The van der Waals surface area contributed by atoms with E-state index in [9.17, 15) is 4.79 Å². The fourth-order valence-corrected chi connectivity index (χ4v) is 3.35. The largest absolute Gasteiger partial charge is 0.356 e. The van der Waals surface area contributed by atoms with Gasteiger partial charge >= 0.3 is 0 Å². The number of amides is 1. The van der Waals surface area contributed by atoms with Crippen LogP contribution in [0.5, 0.6) is 0 Å². The lowest BCUT2D eigenvalue weighted by Gasteiger charge is -2.03. The Kier molecular flexibility index (Phi) is 7.09. The van der Waals surface area contributed by atoms with Crippen LogP contribution in [0.25, 0.3) is 10.2 Å². The van der Waals surface area contributed by atoms with Crippen LogP contribution < -0.4 is 11.1 Å². The molecule has 0 spiro atoms. The number of nitrogens with zero attached hydrogens (tertiary/aromatic N) is 1. The summed E-state index contributed by atoms with van der Waals surface area (Å²) in [6, 6.07) is 5.73. The first-order valence-electron chi connectivity index (χ1n) is 7.71. The van der Waals surface area contributed by atoms with Crippen LogP contribution in [0.2, 0.25) is 5.02 Å². The Morgan fingerprint density at radius 1 is 1.27 bits per heavy atom. The zero-order valence-electron chi connectivity index (χ0n) is 12.6. The number of nitrogens with two attached hydrogens (primary N) is 1. The fraction of sp³-hybridized carbons (Fsp3) is 0.500. The summed E-state index contributed by atoms with van der Waals surface area (Å²) in [5, 5.41) is 4.68. The Labute approximate surface area is 140 Å². The normalized spacial score (nSPS) is 11.0. The maximum Gasteiger partial charge on any atom is 0.220 e. The Morgan fingerprint density at radius 2 is 2.09 bits per heavy atom. The number of benzene rings is 1. The monoisotopic (exact) mass is 339 g/mol. The predicted molar refractivity (Wildman–Crippen MR) is 93.5 cm³/mol. The number of fused-ring (bicyclic) bond motifs is 1. The van der Waals surface area contributed by atoms with E-state index in [4.69, 9.17) is 17.3 Å². The summed E-state index contributed by atoms with van der Waals surface area (Å²) in [5.41, 5.74) is 6.37. The molecule has 3 N–H and O–H groups in total. The number of nitrogens with one attached hydrogen (secondary N) is 1. The zero-order chi connectivity index (χ0) is 15.8. The summed E-state index contributed by atoms with van der Waals surface area (Å²) >= 11 is 7.61. The van der Waals surface area contributed by atoms with Gasteiger partial charge in [-0.1, -0.05) is 24.4 Å². The van der Waals surface area contributed by atoms with Crippen molar-refractivity contribution in [2.75, 3.05) is 13.1 Å². The molecule has 1 amide bonds. The van der Waals surface area contributed by atoms with Crippen LogP contribution in [0.4, 0.5) is 0 Å². The van der Waals surface area contributed by atoms with Crippen LogP contribution in [0.15, 0.2) is 18.2 Å². The first-order chi connectivity index (χ1) is 10.7. The van der Waals surface area contributed by atoms with Gasteiger partial charge in [-0.3, -0.25) is 4.79 Å². The van der Waals surface area contributed by atoms with Gasteiger partial charge in [-0.2, -0.15) is 0 Å². The van der Waals surface area contributed by atoms with E-state index in [-0.39, 0.29) is 5.91 Å². The van der Waals surface area contributed by atoms with Gasteiger partial charge < -0.3 is 11.1 Å². The van der Waals surface area contributed by atoms with Gasteiger partial charge in [0.05, 0.1) is 15.2 Å². The smallest absolute Gasteiger partial charge is 0.220 e. The summed E-state index contributed by atoms with van der Waals surface area (Å²) < 4.78 is 1.13. The third kappa shape index (κ3) is 5.55. The molecule has 120 valence electrons. The second-order valence-corrected chi connectivity index (χ2v) is 6.82. The maximum atomic E-state index is 11.7. The zero-order valence-corrected chi connectivity index (χ0v) is 14.2. The quantitative estimate of drug-likeness (QED) is 0.687. The van der Waals surface area contributed by atoms with Gasteiger partial charge in [-0.05, 0) is 37.6 Å². The minimum atomic E-state index is 0.122. The molecule has 0 saturated carbocycles. The topological polar surface area (TPSA) is 68.0 Å². The summed E-state index contributed by atoms with van der Waals surface area (Å²) in [6.07, 6.45) is 5.52. The van der Waals surface area contributed by atoms with Crippen molar-refractivity contribution in [2.45, 2.75) is 38.5 Å². The van der Waals surface area contributed by atoms with Crippen molar-refractivity contribution in [1.82, 2.24) is 10.3 Å². The summed E-state index contributed by atoms with van der Waals surface area (Å²) in [7, 11) is 0. The van der Waals surface area contributed by atoms with Gasteiger partial charge in [-0.15, -0.1) is 11.3 Å². The summed E-state index contributed by atoms with van der Waals surface area (Å²) in [4.78, 5) is 16.2. The number of thiazole rings is 1. The molecule has 0 saturated heterocycles. The van der Waals surface area contributed by atoms with Crippen LogP contribution in [0.3, 0.4) is 0 Å². The third-order valence-corrected chi connectivity index (χ3v) is 4.74. The molecule has 0 radical (unpaired) electrons. The van der Waals surface area contributed by atoms with Crippen LogP contribution in [0.1, 0.15) is 37.1 Å². The van der Waals surface area contributed by atoms with Crippen LogP contribution in [-0.4, -0.2) is 24.0 Å². The van der Waals surface area contributed by atoms with Gasteiger partial charge in [0.25, 0.3) is 0 Å². The SMILES string of the molecule is NCCCCCCC(=O)NCCc1nc2cc(Cl)ccc2s1. The number of hydrogen-bond donors (Lipinski definition) is 2. The molecule has 1 heterocycles. The van der Waals surface area contributed by atoms with Crippen LogP contribution in [-0.2, 0) is 11.2 Å². The van der Waals surface area contributed by atoms with E-state index in [1.807, 2.05) is 18.2 Å². The Bertz CT molecular complexity index is 614. The first kappa shape index (κ1) is 17.2. The summed E-state index contributed by atoms with van der Waals surface area (Å²) in [5.74, 6) is 0.122. The molecule has 0 fully saturated rings. The van der Waals surface area contributed by atoms with Crippen molar-refractivity contribution in [3.63, 3.8) is 0 Å². The predicted octanol–water partition coefficient (Wildman–Crippen LogP) is 3.52. The van der Waals surface area contributed by atoms with Gasteiger partial charge in [0, 0.05) is 24.4 Å². The average molecular weight is 340 g/mol. The number of halogens is 1. The number of carbonyl (C=O) groups is 1. The third-order valence-electron chi connectivity index (χ3n) is 3.41. The molecule has 6 heteroatoms. The highest BCUT2D eigenvalue weighted by Gasteiger charge is 2.05. The van der Waals surface area contributed by atoms with E-state index in [2.05, 4.69) is 10.3 Å². The maximum absolute atomic E-state index is 11.7. The standard InChI is InChI=1S/C16H22ClN3OS/c17-12-6-7-14-13(11-12)20-16(22-14)8-10-19-15(21)5-3-1-2-4-9-18/h6-7,11H,1-5,8-10,18H2,(H,19,21). The van der Waals surface area contributed by atoms with E-state index in [1.54, 1.807) is 11.3 Å². The molecule has 1 aromatic carbocycles. The van der Waals surface area contributed by atoms with Gasteiger partial charge in [0.2, 0.25) is 5.91 Å². The molecule has 4 nitrogen and oxygen atoms in total. The molecule has 0 unspecified atom stereocenters. The lowest BCUT2D eigenvalue weighted by atomic mass is 10.1. The lowest BCUT2D eigenvalue weighted by Crippen LogP contribution is -2.25. The van der Waals surface area contributed by atoms with Crippen molar-refractivity contribution in [1.29, 1.82) is 0 Å². The molecule has 0 aliphatic carbocycles. The molecule has 1 aromatic heterocycles. The Morgan fingerprint density at radius 3 is 2.91 bits per heavy atom. The van der Waals surface area contributed by atoms with Crippen molar-refractivity contribution in [2.24, 2.45) is 5.73 Å². The molecule has 22 heavy (non-hydrogen) atoms. The van der Waals surface area contributed by atoms with Crippen molar-refractivity contribution >= 4 is 39.1 Å². The van der Waals surface area contributed by atoms with Gasteiger partial charge in [0.1, 0.15) is 0 Å². The Balaban J connectivity index is 1.67. The second kappa shape index (κ2) is 9.08. The van der Waals surface area contributed by atoms with E-state index >= 15 is 0 Å². The van der Waals surface area contributed by atoms with Gasteiger partial charge in [-0.25, -0.2) is 4.98 Å². The van der Waals surface area contributed by atoms with E-state index in [0.29, 0.717) is 18.0 Å². The summed E-state index contributed by atoms with van der Waals surface area (Å²) in [6.45, 7) is 1.37. The van der Waals surface area contributed by atoms with Crippen LogP contribution >= 0.6 is 22.9 Å². The Hall–Kier alpha value is -1.17. The number of hydrogen-bond acceptors (Lipinski definition) is 4. The molecular weight excluding hydrogens is 318 g/mol. The molecule has 0 atom stereocenters. The molecule has 0 bridgehead atoms. The minimum absolute atomic E-state index is 0.122. The molecule has 0 aliphatic heterocycles. The average Bonchev–Trinajstić information content (AvgIpc) is 2.88. The highest BCUT2D eigenvalue weighted by molar-refractivity contribution is 7.18. The number of aromatic nitrogens is 1. The van der Waals surface area contributed by atoms with Crippen molar-refractivity contribution in [3.8, 4) is 0 Å². The second-order valence-electron chi connectivity index (χ2n) is 5.27. The van der Waals surface area contributed by atoms with E-state index in [1.165, 1.54) is 0 Å². The van der Waals surface area contributed by atoms with Gasteiger partial charge in [0.15, 0.2) is 0 Å². The number of unbranched alkanes of at least 4 members (excludes halogenated alkanes) is 3. The molecule has 2 aromatic rings.